The third-order valence-electron chi connectivity index (χ3n) is 1.03. The van der Waals surface area contributed by atoms with Crippen molar-refractivity contribution < 1.29 is 4.79 Å². The second kappa shape index (κ2) is 1.00. The molecule has 0 aromatic rings. The molecule has 0 saturated heterocycles. The largest absolute Gasteiger partial charge is 0.306 e. The first-order valence-corrected chi connectivity index (χ1v) is 2.16. The minimum atomic E-state index is 0.120. The van der Waals surface area contributed by atoms with Crippen LogP contribution in [-0.4, -0.2) is 5.78 Å². The molecule has 1 fully saturated rings. The van der Waals surface area contributed by atoms with Gasteiger partial charge in [-0.25, -0.2) is 4.79 Å². The van der Waals surface area contributed by atoms with E-state index in [1.54, 1.807) is 0 Å². The number of hydrogen-bond acceptors (Lipinski definition) is 1. The maximum atomic E-state index is 10.1. The van der Waals surface area contributed by atoms with Crippen molar-refractivity contribution in [3.05, 3.63) is 6.92 Å². The lowest BCUT2D eigenvalue weighted by atomic mass is 10.3. The SMILES string of the molecule is [CH2+]C(=O)C1CC1. The fraction of sp³-hybridized carbons (Fsp3) is 0.600. The summed E-state index contributed by atoms with van der Waals surface area (Å²) >= 11 is 0. The highest BCUT2D eigenvalue weighted by molar-refractivity contribution is 5.86. The van der Waals surface area contributed by atoms with Crippen molar-refractivity contribution in [2.75, 3.05) is 0 Å². The van der Waals surface area contributed by atoms with Gasteiger partial charge in [-0.3, -0.25) is 0 Å². The molecule has 1 heteroatoms. The number of Topliss-reactive ketones (excluding diaryl/α,β-unsaturated/α-hetero) is 1. The van der Waals surface area contributed by atoms with Gasteiger partial charge in [-0.1, -0.05) is 0 Å². The van der Waals surface area contributed by atoms with Gasteiger partial charge in [0.2, 0.25) is 0 Å². The molecule has 0 atom stereocenters. The third-order valence-corrected chi connectivity index (χ3v) is 1.03. The van der Waals surface area contributed by atoms with E-state index in [0.29, 0.717) is 5.92 Å². The molecular formula is C5H7O+. The van der Waals surface area contributed by atoms with Gasteiger partial charge >= 0.3 is 5.78 Å². The van der Waals surface area contributed by atoms with Gasteiger partial charge in [0.25, 0.3) is 0 Å². The lowest BCUT2D eigenvalue weighted by molar-refractivity contribution is -0.115. The number of ketones is 1. The van der Waals surface area contributed by atoms with Crippen molar-refractivity contribution in [1.82, 2.24) is 0 Å². The average Bonchev–Trinajstić information content (AvgIpc) is 2.06. The van der Waals surface area contributed by atoms with Crippen LogP contribution in [0.5, 0.6) is 0 Å². The Bertz CT molecular complexity index is 72.0. The molecule has 0 radical (unpaired) electrons. The Morgan fingerprint density at radius 1 is 1.67 bits per heavy atom. The fourth-order valence-corrected chi connectivity index (χ4v) is 0.405. The molecule has 0 unspecified atom stereocenters. The van der Waals surface area contributed by atoms with E-state index in [1.165, 1.54) is 0 Å². The highest BCUT2D eigenvalue weighted by Crippen LogP contribution is 2.28. The van der Waals surface area contributed by atoms with E-state index in [0.717, 1.165) is 12.8 Å². The van der Waals surface area contributed by atoms with E-state index in [4.69, 9.17) is 0 Å². The lowest BCUT2D eigenvalue weighted by Crippen LogP contribution is -1.89. The van der Waals surface area contributed by atoms with Crippen LogP contribution in [0.2, 0.25) is 0 Å². The number of rotatable bonds is 1. The zero-order chi connectivity index (χ0) is 4.57. The molecule has 0 amide bonds. The third kappa shape index (κ3) is 0.534. The number of hydrogen-bond donors (Lipinski definition) is 0. The van der Waals surface area contributed by atoms with Gasteiger partial charge in [0.05, 0.1) is 5.92 Å². The molecule has 1 nitrogen and oxygen atoms in total. The van der Waals surface area contributed by atoms with Crippen molar-refractivity contribution in [3.63, 3.8) is 0 Å². The molecule has 0 bridgehead atoms. The second-order valence-electron chi connectivity index (χ2n) is 1.74. The van der Waals surface area contributed by atoms with Gasteiger partial charge in [0.15, 0.2) is 0 Å². The lowest BCUT2D eigenvalue weighted by Gasteiger charge is -1.65. The molecule has 0 heterocycles. The minimum absolute atomic E-state index is 0.120. The molecule has 0 aliphatic heterocycles. The van der Waals surface area contributed by atoms with E-state index in [-0.39, 0.29) is 5.78 Å². The number of carbonyl (C=O) groups is 1. The zero-order valence-electron chi connectivity index (χ0n) is 3.61. The van der Waals surface area contributed by atoms with E-state index < -0.39 is 0 Å². The van der Waals surface area contributed by atoms with Gasteiger partial charge < -0.3 is 0 Å². The molecule has 0 aromatic heterocycles. The Morgan fingerprint density at radius 2 is 2.17 bits per heavy atom. The van der Waals surface area contributed by atoms with Crippen molar-refractivity contribution >= 4 is 5.78 Å². The quantitative estimate of drug-likeness (QED) is 0.428. The summed E-state index contributed by atoms with van der Waals surface area (Å²) in [6.45, 7) is 3.26. The predicted octanol–water partition coefficient (Wildman–Crippen LogP) is 0.800. The summed E-state index contributed by atoms with van der Waals surface area (Å²) in [4.78, 5) is 10.1. The monoisotopic (exact) mass is 83.0 g/mol. The summed E-state index contributed by atoms with van der Waals surface area (Å²) in [5.41, 5.74) is 0. The van der Waals surface area contributed by atoms with Crippen LogP contribution in [0.4, 0.5) is 0 Å². The molecule has 0 spiro atoms. The Morgan fingerprint density at radius 3 is 2.17 bits per heavy atom. The maximum absolute atomic E-state index is 10.1. The molecular weight excluding hydrogens is 76.1 g/mol. The minimum Gasteiger partial charge on any atom is -0.244 e. The van der Waals surface area contributed by atoms with Crippen LogP contribution in [0.15, 0.2) is 0 Å². The topological polar surface area (TPSA) is 17.1 Å². The van der Waals surface area contributed by atoms with Crippen LogP contribution < -0.4 is 0 Å². The Kier molecular flexibility index (Phi) is 0.621. The van der Waals surface area contributed by atoms with Crippen LogP contribution in [0.3, 0.4) is 0 Å². The van der Waals surface area contributed by atoms with Crippen molar-refractivity contribution in [2.24, 2.45) is 5.92 Å². The summed E-state index contributed by atoms with van der Waals surface area (Å²) in [6, 6.07) is 0. The molecule has 1 aliphatic carbocycles. The Labute approximate surface area is 37.4 Å². The maximum Gasteiger partial charge on any atom is 0.306 e. The molecule has 1 saturated carbocycles. The first kappa shape index (κ1) is 3.72. The average molecular weight is 83.1 g/mol. The highest BCUT2D eigenvalue weighted by atomic mass is 16.1. The van der Waals surface area contributed by atoms with Gasteiger partial charge in [0.1, 0.15) is 6.92 Å². The van der Waals surface area contributed by atoms with Crippen molar-refractivity contribution in [1.29, 1.82) is 0 Å². The van der Waals surface area contributed by atoms with Crippen molar-refractivity contribution in [2.45, 2.75) is 12.8 Å². The summed E-state index contributed by atoms with van der Waals surface area (Å²) in [6.07, 6.45) is 2.17. The Hall–Kier alpha value is -0.460. The molecule has 1 rings (SSSR count). The van der Waals surface area contributed by atoms with Crippen molar-refractivity contribution in [3.8, 4) is 0 Å². The van der Waals surface area contributed by atoms with Gasteiger partial charge in [0, 0.05) is 0 Å². The van der Waals surface area contributed by atoms with Crippen LogP contribution >= 0.6 is 0 Å². The van der Waals surface area contributed by atoms with Gasteiger partial charge in [-0.2, -0.15) is 0 Å². The van der Waals surface area contributed by atoms with Crippen LogP contribution in [0.1, 0.15) is 12.8 Å². The summed E-state index contributed by atoms with van der Waals surface area (Å²) in [7, 11) is 0. The zero-order valence-corrected chi connectivity index (χ0v) is 3.61. The predicted molar refractivity (Wildman–Crippen MR) is 23.1 cm³/mol. The van der Waals surface area contributed by atoms with Gasteiger partial charge in [-0.05, 0) is 12.8 Å². The van der Waals surface area contributed by atoms with Crippen LogP contribution in [0, 0.1) is 12.8 Å². The molecule has 6 heavy (non-hydrogen) atoms. The smallest absolute Gasteiger partial charge is 0.244 e. The summed E-state index contributed by atoms with van der Waals surface area (Å²) in [5, 5.41) is 0. The number of carbonyl (C=O) groups excluding carboxylic acids is 1. The first-order chi connectivity index (χ1) is 2.80. The van der Waals surface area contributed by atoms with Crippen LogP contribution in [-0.2, 0) is 4.79 Å². The summed E-state index contributed by atoms with van der Waals surface area (Å²) < 4.78 is 0. The van der Waals surface area contributed by atoms with Crippen LogP contribution in [0.25, 0.3) is 0 Å². The van der Waals surface area contributed by atoms with E-state index >= 15 is 0 Å². The first-order valence-electron chi connectivity index (χ1n) is 2.16. The second-order valence-corrected chi connectivity index (χ2v) is 1.74. The molecule has 32 valence electrons. The van der Waals surface area contributed by atoms with E-state index in [9.17, 15) is 4.79 Å². The van der Waals surface area contributed by atoms with E-state index in [2.05, 4.69) is 6.92 Å². The fourth-order valence-electron chi connectivity index (χ4n) is 0.405. The highest BCUT2D eigenvalue weighted by Gasteiger charge is 2.30. The molecule has 1 aliphatic rings. The normalized spacial score (nSPS) is 20.7. The Balaban J connectivity index is 2.31. The van der Waals surface area contributed by atoms with E-state index in [1.807, 2.05) is 0 Å². The molecule has 0 aromatic carbocycles. The standard InChI is InChI=1S/C5H7O/c1-4(6)5-2-3-5/h5H,1-3H2/q+1. The molecule has 0 N–H and O–H groups in total. The van der Waals surface area contributed by atoms with Gasteiger partial charge in [-0.15, -0.1) is 0 Å². The summed E-state index contributed by atoms with van der Waals surface area (Å²) in [5.74, 6) is 0.472.